The molecular formula is C22H21NO4. The molecule has 0 fully saturated rings. The molecule has 0 aliphatic carbocycles. The predicted molar refractivity (Wildman–Crippen MR) is 105 cm³/mol. The zero-order chi connectivity index (χ0) is 19.1. The van der Waals surface area contributed by atoms with Crippen LogP contribution in [-0.4, -0.2) is 20.1 Å². The van der Waals surface area contributed by atoms with Gasteiger partial charge in [0.15, 0.2) is 0 Å². The van der Waals surface area contributed by atoms with Crippen molar-refractivity contribution in [3.63, 3.8) is 0 Å². The molecule has 138 valence electrons. The Labute approximate surface area is 158 Å². The fourth-order valence-corrected chi connectivity index (χ4v) is 2.52. The van der Waals surface area contributed by atoms with E-state index in [0.29, 0.717) is 29.4 Å². The van der Waals surface area contributed by atoms with Gasteiger partial charge in [0.25, 0.3) is 5.91 Å². The number of carbonyl (C=O) groups is 1. The van der Waals surface area contributed by atoms with Gasteiger partial charge >= 0.3 is 0 Å². The van der Waals surface area contributed by atoms with E-state index in [2.05, 4.69) is 5.32 Å². The molecule has 5 nitrogen and oxygen atoms in total. The van der Waals surface area contributed by atoms with Crippen LogP contribution < -0.4 is 19.5 Å². The summed E-state index contributed by atoms with van der Waals surface area (Å²) in [4.78, 5) is 12.5. The monoisotopic (exact) mass is 363 g/mol. The van der Waals surface area contributed by atoms with Crippen LogP contribution in [-0.2, 0) is 6.61 Å². The molecule has 3 aromatic rings. The van der Waals surface area contributed by atoms with Gasteiger partial charge in [-0.3, -0.25) is 4.79 Å². The van der Waals surface area contributed by atoms with Gasteiger partial charge in [0.1, 0.15) is 23.9 Å². The van der Waals surface area contributed by atoms with Crippen molar-refractivity contribution in [3.8, 4) is 17.2 Å². The lowest BCUT2D eigenvalue weighted by Crippen LogP contribution is -2.12. The van der Waals surface area contributed by atoms with Gasteiger partial charge in [0.2, 0.25) is 0 Å². The van der Waals surface area contributed by atoms with Crippen molar-refractivity contribution in [2.45, 2.75) is 6.61 Å². The Morgan fingerprint density at radius 3 is 2.04 bits per heavy atom. The van der Waals surface area contributed by atoms with Crippen molar-refractivity contribution in [3.05, 3.63) is 83.9 Å². The third-order valence-electron chi connectivity index (χ3n) is 3.97. The highest BCUT2D eigenvalue weighted by molar-refractivity contribution is 6.04. The van der Waals surface area contributed by atoms with E-state index in [-0.39, 0.29) is 5.91 Å². The minimum atomic E-state index is -0.245. The zero-order valence-corrected chi connectivity index (χ0v) is 15.3. The van der Waals surface area contributed by atoms with E-state index in [1.54, 1.807) is 44.6 Å². The van der Waals surface area contributed by atoms with E-state index >= 15 is 0 Å². The van der Waals surface area contributed by atoms with Gasteiger partial charge < -0.3 is 19.5 Å². The van der Waals surface area contributed by atoms with Crippen molar-refractivity contribution in [1.82, 2.24) is 0 Å². The minimum Gasteiger partial charge on any atom is -0.497 e. The van der Waals surface area contributed by atoms with Gasteiger partial charge in [0, 0.05) is 17.3 Å². The van der Waals surface area contributed by atoms with Crippen molar-refractivity contribution in [1.29, 1.82) is 0 Å². The largest absolute Gasteiger partial charge is 0.497 e. The smallest absolute Gasteiger partial charge is 0.255 e. The Bertz CT molecular complexity index is 870. The number of ether oxygens (including phenoxy) is 3. The maximum atomic E-state index is 12.5. The molecule has 0 spiro atoms. The summed E-state index contributed by atoms with van der Waals surface area (Å²) in [7, 11) is 3.09. The van der Waals surface area contributed by atoms with E-state index in [4.69, 9.17) is 14.2 Å². The summed E-state index contributed by atoms with van der Waals surface area (Å²) >= 11 is 0. The second-order valence-corrected chi connectivity index (χ2v) is 5.85. The molecule has 0 aliphatic heterocycles. The third-order valence-corrected chi connectivity index (χ3v) is 3.97. The molecule has 0 saturated carbocycles. The molecule has 0 bridgehead atoms. The number of amides is 1. The van der Waals surface area contributed by atoms with Crippen LogP contribution in [0.3, 0.4) is 0 Å². The van der Waals surface area contributed by atoms with Crippen LogP contribution in [0, 0.1) is 0 Å². The van der Waals surface area contributed by atoms with E-state index in [9.17, 15) is 4.79 Å². The fraction of sp³-hybridized carbons (Fsp3) is 0.136. The van der Waals surface area contributed by atoms with Crippen LogP contribution in [0.25, 0.3) is 0 Å². The number of benzene rings is 3. The van der Waals surface area contributed by atoms with Crippen molar-refractivity contribution >= 4 is 11.6 Å². The summed E-state index contributed by atoms with van der Waals surface area (Å²) in [6, 6.07) is 22.2. The highest BCUT2D eigenvalue weighted by Gasteiger charge is 2.10. The Morgan fingerprint density at radius 1 is 0.815 bits per heavy atom. The van der Waals surface area contributed by atoms with E-state index < -0.39 is 0 Å². The van der Waals surface area contributed by atoms with Gasteiger partial charge in [0.05, 0.1) is 14.2 Å². The number of rotatable bonds is 7. The first-order valence-electron chi connectivity index (χ1n) is 8.49. The summed E-state index contributed by atoms with van der Waals surface area (Å²) in [5.41, 5.74) is 2.23. The first kappa shape index (κ1) is 18.3. The summed E-state index contributed by atoms with van der Waals surface area (Å²) < 4.78 is 16.2. The molecule has 0 aliphatic rings. The SMILES string of the molecule is COc1cc(OC)cc(C(=O)Nc2ccc(OCc3ccccc3)cc2)c1. The van der Waals surface area contributed by atoms with Crippen LogP contribution in [0.4, 0.5) is 5.69 Å². The maximum absolute atomic E-state index is 12.5. The average Bonchev–Trinajstić information content (AvgIpc) is 2.73. The van der Waals surface area contributed by atoms with E-state index in [1.807, 2.05) is 42.5 Å². The molecular weight excluding hydrogens is 342 g/mol. The molecule has 5 heteroatoms. The molecule has 0 unspecified atom stereocenters. The number of anilines is 1. The standard InChI is InChI=1S/C22H21NO4/c1-25-20-12-17(13-21(14-20)26-2)22(24)23-18-8-10-19(11-9-18)27-15-16-6-4-3-5-7-16/h3-14H,15H2,1-2H3,(H,23,24). The maximum Gasteiger partial charge on any atom is 0.255 e. The molecule has 0 aromatic heterocycles. The molecule has 3 rings (SSSR count). The summed E-state index contributed by atoms with van der Waals surface area (Å²) in [5.74, 6) is 1.61. The van der Waals surface area contributed by atoms with Crippen LogP contribution >= 0.6 is 0 Å². The first-order chi connectivity index (χ1) is 13.2. The molecule has 0 atom stereocenters. The number of methoxy groups -OCH3 is 2. The molecule has 0 heterocycles. The highest BCUT2D eigenvalue weighted by atomic mass is 16.5. The number of nitrogens with one attached hydrogen (secondary N) is 1. The topological polar surface area (TPSA) is 56.8 Å². The Balaban J connectivity index is 1.63. The van der Waals surface area contributed by atoms with E-state index in [1.165, 1.54) is 0 Å². The molecule has 0 saturated heterocycles. The van der Waals surface area contributed by atoms with Crippen LogP contribution in [0.5, 0.6) is 17.2 Å². The minimum absolute atomic E-state index is 0.245. The summed E-state index contributed by atoms with van der Waals surface area (Å²) in [5, 5.41) is 2.86. The number of hydrogen-bond donors (Lipinski definition) is 1. The molecule has 1 N–H and O–H groups in total. The Kier molecular flexibility index (Phi) is 5.94. The lowest BCUT2D eigenvalue weighted by molar-refractivity contribution is 0.102. The zero-order valence-electron chi connectivity index (χ0n) is 15.3. The second kappa shape index (κ2) is 8.76. The highest BCUT2D eigenvalue weighted by Crippen LogP contribution is 2.24. The predicted octanol–water partition coefficient (Wildman–Crippen LogP) is 4.54. The van der Waals surface area contributed by atoms with Gasteiger partial charge in [-0.1, -0.05) is 30.3 Å². The van der Waals surface area contributed by atoms with Gasteiger partial charge in [-0.2, -0.15) is 0 Å². The second-order valence-electron chi connectivity index (χ2n) is 5.85. The van der Waals surface area contributed by atoms with Crippen LogP contribution in [0.2, 0.25) is 0 Å². The van der Waals surface area contributed by atoms with Gasteiger partial charge in [-0.05, 0) is 42.0 Å². The molecule has 0 radical (unpaired) electrons. The summed E-state index contributed by atoms with van der Waals surface area (Å²) in [6.45, 7) is 0.496. The molecule has 27 heavy (non-hydrogen) atoms. The number of carbonyl (C=O) groups excluding carboxylic acids is 1. The Morgan fingerprint density at radius 2 is 1.44 bits per heavy atom. The van der Waals surface area contributed by atoms with Gasteiger partial charge in [-0.25, -0.2) is 0 Å². The number of hydrogen-bond acceptors (Lipinski definition) is 4. The quantitative estimate of drug-likeness (QED) is 0.670. The van der Waals surface area contributed by atoms with Crippen molar-refractivity contribution < 1.29 is 19.0 Å². The normalized spacial score (nSPS) is 10.1. The van der Waals surface area contributed by atoms with Crippen molar-refractivity contribution in [2.75, 3.05) is 19.5 Å². The molecule has 1 amide bonds. The van der Waals surface area contributed by atoms with Crippen molar-refractivity contribution in [2.24, 2.45) is 0 Å². The fourth-order valence-electron chi connectivity index (χ4n) is 2.52. The Hall–Kier alpha value is -3.47. The van der Waals surface area contributed by atoms with Crippen LogP contribution in [0.1, 0.15) is 15.9 Å². The van der Waals surface area contributed by atoms with Gasteiger partial charge in [-0.15, -0.1) is 0 Å². The van der Waals surface area contributed by atoms with Crippen LogP contribution in [0.15, 0.2) is 72.8 Å². The average molecular weight is 363 g/mol. The lowest BCUT2D eigenvalue weighted by atomic mass is 10.1. The molecule has 3 aromatic carbocycles. The van der Waals surface area contributed by atoms with E-state index in [0.717, 1.165) is 11.3 Å². The summed E-state index contributed by atoms with van der Waals surface area (Å²) in [6.07, 6.45) is 0. The lowest BCUT2D eigenvalue weighted by Gasteiger charge is -2.10. The third kappa shape index (κ3) is 5.01. The first-order valence-corrected chi connectivity index (χ1v) is 8.49.